The van der Waals surface area contributed by atoms with Crippen molar-refractivity contribution in [2.45, 2.75) is 64.1 Å². The van der Waals surface area contributed by atoms with Crippen molar-refractivity contribution in [2.75, 3.05) is 13.7 Å². The Labute approximate surface area is 214 Å². The average molecular weight is 485 g/mol. The largest absolute Gasteiger partial charge is 0.497 e. The second-order valence-corrected chi connectivity index (χ2v) is 9.57. The number of fused-ring (bicyclic) bond motifs is 3. The van der Waals surface area contributed by atoms with Crippen molar-refractivity contribution in [3.63, 3.8) is 0 Å². The molecule has 188 valence electrons. The predicted molar refractivity (Wildman–Crippen MR) is 144 cm³/mol. The Kier molecular flexibility index (Phi) is 7.75. The first-order valence-electron chi connectivity index (χ1n) is 13.3. The Morgan fingerprint density at radius 2 is 1.58 bits per heavy atom. The van der Waals surface area contributed by atoms with Crippen LogP contribution in [-0.2, 0) is 0 Å². The highest BCUT2D eigenvalue weighted by Gasteiger charge is 2.40. The van der Waals surface area contributed by atoms with Gasteiger partial charge in [-0.2, -0.15) is 5.10 Å². The molecule has 0 bridgehead atoms. The summed E-state index contributed by atoms with van der Waals surface area (Å²) in [6.45, 7) is 3.02. The Morgan fingerprint density at radius 3 is 2.36 bits per heavy atom. The highest BCUT2D eigenvalue weighted by molar-refractivity contribution is 6.02. The van der Waals surface area contributed by atoms with Crippen molar-refractivity contribution in [3.8, 4) is 17.2 Å². The van der Waals surface area contributed by atoms with Gasteiger partial charge in [-0.1, -0.05) is 57.2 Å². The van der Waals surface area contributed by atoms with Gasteiger partial charge in [-0.25, -0.2) is 5.01 Å². The maximum absolute atomic E-state index is 6.50. The van der Waals surface area contributed by atoms with E-state index in [-0.39, 0.29) is 12.3 Å². The molecule has 5 nitrogen and oxygen atoms in total. The maximum Gasteiger partial charge on any atom is 0.213 e. The lowest BCUT2D eigenvalue weighted by atomic mass is 9.96. The zero-order valence-electron chi connectivity index (χ0n) is 21.4. The number of ether oxygens (including phenoxy) is 3. The van der Waals surface area contributed by atoms with Crippen LogP contribution in [-0.4, -0.2) is 24.4 Å². The third-order valence-corrected chi connectivity index (χ3v) is 7.05. The normalized spacial score (nSPS) is 18.2. The molecule has 0 saturated carbocycles. The standard InChI is InChI=1S/C31H36N2O3/c1-3-4-5-6-7-10-21-35-26-19-15-24(16-20-26)31-33-29(27-11-8-9-12-30(27)36-31)22-28(32-33)23-13-17-25(34-2)18-14-23/h8-9,11-20,29,31H,3-7,10,21-22H2,1-2H3/t29-,31+/m0/s1. The van der Waals surface area contributed by atoms with E-state index in [0.717, 1.165) is 53.5 Å². The number of benzene rings is 3. The summed E-state index contributed by atoms with van der Waals surface area (Å²) < 4.78 is 17.8. The highest BCUT2D eigenvalue weighted by Crippen LogP contribution is 2.47. The lowest BCUT2D eigenvalue weighted by Crippen LogP contribution is -2.33. The van der Waals surface area contributed by atoms with Crippen LogP contribution in [0, 0.1) is 0 Å². The monoisotopic (exact) mass is 484 g/mol. The van der Waals surface area contributed by atoms with E-state index in [1.165, 1.54) is 37.7 Å². The number of nitrogens with zero attached hydrogens (tertiary/aromatic N) is 2. The Hall–Kier alpha value is -3.47. The quantitative estimate of drug-likeness (QED) is 0.262. The van der Waals surface area contributed by atoms with Crippen LogP contribution in [0.15, 0.2) is 77.9 Å². The number of hydrogen-bond donors (Lipinski definition) is 0. The minimum absolute atomic E-state index is 0.140. The number of unbranched alkanes of at least 4 members (excludes halogenated alkanes) is 5. The molecular weight excluding hydrogens is 448 g/mol. The van der Waals surface area contributed by atoms with E-state index in [2.05, 4.69) is 66.5 Å². The molecule has 0 spiro atoms. The summed E-state index contributed by atoms with van der Waals surface area (Å²) in [4.78, 5) is 0. The molecule has 0 fully saturated rings. The van der Waals surface area contributed by atoms with Gasteiger partial charge in [0.15, 0.2) is 0 Å². The van der Waals surface area contributed by atoms with Crippen molar-refractivity contribution in [2.24, 2.45) is 5.10 Å². The van der Waals surface area contributed by atoms with Crippen molar-refractivity contribution in [3.05, 3.63) is 89.5 Å². The molecule has 0 N–H and O–H groups in total. The zero-order valence-corrected chi connectivity index (χ0v) is 21.4. The van der Waals surface area contributed by atoms with Gasteiger partial charge in [0, 0.05) is 17.5 Å². The third-order valence-electron chi connectivity index (χ3n) is 7.05. The third kappa shape index (κ3) is 5.35. The van der Waals surface area contributed by atoms with Crippen molar-refractivity contribution in [1.82, 2.24) is 5.01 Å². The molecule has 0 amide bonds. The summed E-state index contributed by atoms with van der Waals surface area (Å²) in [5, 5.41) is 7.18. The first-order valence-corrected chi connectivity index (χ1v) is 13.3. The summed E-state index contributed by atoms with van der Waals surface area (Å²) >= 11 is 0. The van der Waals surface area contributed by atoms with E-state index in [0.29, 0.717) is 0 Å². The molecule has 5 heteroatoms. The molecule has 0 unspecified atom stereocenters. The molecule has 2 aliphatic rings. The van der Waals surface area contributed by atoms with Gasteiger partial charge >= 0.3 is 0 Å². The van der Waals surface area contributed by atoms with E-state index in [1.807, 2.05) is 18.2 Å². The smallest absolute Gasteiger partial charge is 0.213 e. The molecule has 2 heterocycles. The van der Waals surface area contributed by atoms with Crippen molar-refractivity contribution >= 4 is 5.71 Å². The first kappa shape index (κ1) is 24.2. The van der Waals surface area contributed by atoms with Gasteiger partial charge in [0.25, 0.3) is 0 Å². The van der Waals surface area contributed by atoms with Crippen LogP contribution in [0.4, 0.5) is 0 Å². The summed E-state index contributed by atoms with van der Waals surface area (Å²) in [6.07, 6.45) is 8.13. The SMILES string of the molecule is CCCCCCCCOc1ccc([C@H]2Oc3ccccc3[C@@H]3CC(c4ccc(OC)cc4)=NN23)cc1. The zero-order chi connectivity index (χ0) is 24.7. The van der Waals surface area contributed by atoms with E-state index in [4.69, 9.17) is 19.3 Å². The first-order chi connectivity index (χ1) is 17.8. The van der Waals surface area contributed by atoms with E-state index in [9.17, 15) is 0 Å². The average Bonchev–Trinajstić information content (AvgIpc) is 3.38. The molecule has 3 aromatic rings. The van der Waals surface area contributed by atoms with Crippen LogP contribution >= 0.6 is 0 Å². The predicted octanol–water partition coefficient (Wildman–Crippen LogP) is 7.68. The fourth-order valence-electron chi connectivity index (χ4n) is 5.01. The number of hydrogen-bond acceptors (Lipinski definition) is 5. The van der Waals surface area contributed by atoms with E-state index >= 15 is 0 Å². The molecule has 0 radical (unpaired) electrons. The number of rotatable bonds is 11. The fraction of sp³-hybridized carbons (Fsp3) is 0.387. The van der Waals surface area contributed by atoms with Gasteiger partial charge in [0.2, 0.25) is 6.23 Å². The summed E-state index contributed by atoms with van der Waals surface area (Å²) in [5.41, 5.74) is 4.42. The van der Waals surface area contributed by atoms with Gasteiger partial charge in [-0.3, -0.25) is 0 Å². The van der Waals surface area contributed by atoms with Crippen molar-refractivity contribution < 1.29 is 14.2 Å². The van der Waals surface area contributed by atoms with Gasteiger partial charge in [0.05, 0.1) is 25.5 Å². The molecule has 2 aliphatic heterocycles. The second-order valence-electron chi connectivity index (χ2n) is 9.57. The summed E-state index contributed by atoms with van der Waals surface area (Å²) in [7, 11) is 1.69. The van der Waals surface area contributed by atoms with Gasteiger partial charge in [0.1, 0.15) is 17.2 Å². The van der Waals surface area contributed by atoms with E-state index in [1.54, 1.807) is 7.11 Å². The minimum Gasteiger partial charge on any atom is -0.497 e. The topological polar surface area (TPSA) is 43.3 Å². The van der Waals surface area contributed by atoms with Crippen LogP contribution in [0.5, 0.6) is 17.2 Å². The number of para-hydroxylation sites is 1. The molecular formula is C31H36N2O3. The lowest BCUT2D eigenvalue weighted by Gasteiger charge is -2.38. The lowest BCUT2D eigenvalue weighted by molar-refractivity contribution is -0.0190. The fourth-order valence-corrected chi connectivity index (χ4v) is 5.01. The number of methoxy groups -OCH3 is 1. The highest BCUT2D eigenvalue weighted by atomic mass is 16.5. The number of hydrazone groups is 1. The second kappa shape index (κ2) is 11.5. The van der Waals surface area contributed by atoms with Crippen molar-refractivity contribution in [1.29, 1.82) is 0 Å². The molecule has 0 aliphatic carbocycles. The summed E-state index contributed by atoms with van der Waals surface area (Å²) in [6, 6.07) is 24.9. The Balaban J connectivity index is 1.30. The maximum atomic E-state index is 6.50. The minimum atomic E-state index is -0.284. The molecule has 3 aromatic carbocycles. The Morgan fingerprint density at radius 1 is 0.861 bits per heavy atom. The van der Waals surface area contributed by atoms with Crippen LogP contribution in [0.2, 0.25) is 0 Å². The molecule has 0 aromatic heterocycles. The van der Waals surface area contributed by atoms with Gasteiger partial charge < -0.3 is 14.2 Å². The molecule has 2 atom stereocenters. The van der Waals surface area contributed by atoms with Gasteiger partial charge in [-0.15, -0.1) is 0 Å². The van der Waals surface area contributed by atoms with Gasteiger partial charge in [-0.05, 0) is 66.6 Å². The van der Waals surface area contributed by atoms with Crippen LogP contribution in [0.1, 0.15) is 80.8 Å². The van der Waals surface area contributed by atoms with Crippen LogP contribution in [0.3, 0.4) is 0 Å². The van der Waals surface area contributed by atoms with E-state index < -0.39 is 0 Å². The molecule has 36 heavy (non-hydrogen) atoms. The molecule has 0 saturated heterocycles. The summed E-state index contributed by atoms with van der Waals surface area (Å²) in [5.74, 6) is 2.68. The molecule has 5 rings (SSSR count). The van der Waals surface area contributed by atoms with Crippen LogP contribution in [0.25, 0.3) is 0 Å². The van der Waals surface area contributed by atoms with Crippen LogP contribution < -0.4 is 14.2 Å². The Bertz CT molecular complexity index is 1160.